The van der Waals surface area contributed by atoms with Crippen molar-refractivity contribution in [3.63, 3.8) is 0 Å². The van der Waals surface area contributed by atoms with Gasteiger partial charge in [0, 0.05) is 10.2 Å². The van der Waals surface area contributed by atoms with Crippen LogP contribution in [0.4, 0.5) is 5.69 Å². The second kappa shape index (κ2) is 11.1. The molecule has 0 aromatic heterocycles. The highest BCUT2D eigenvalue weighted by molar-refractivity contribution is 9.10. The molecule has 28 heavy (non-hydrogen) atoms. The lowest BCUT2D eigenvalue weighted by Crippen LogP contribution is -2.44. The van der Waals surface area contributed by atoms with E-state index in [1.165, 1.54) is 0 Å². The Kier molecular flexibility index (Phi) is 8.86. The van der Waals surface area contributed by atoms with Crippen LogP contribution in [0.2, 0.25) is 0 Å². The van der Waals surface area contributed by atoms with Crippen molar-refractivity contribution in [2.24, 2.45) is 0 Å². The number of carbonyl (C=O) groups excluding carboxylic acids is 2. The minimum atomic E-state index is -0.626. The molecule has 2 amide bonds. The summed E-state index contributed by atoms with van der Waals surface area (Å²) in [5.41, 5.74) is 1.16. The number of hydrogen-bond donors (Lipinski definition) is 2. The molecule has 0 saturated carbocycles. The monoisotopic (exact) mass is 464 g/mol. The fraction of sp³-hybridized carbons (Fsp3) is 0.333. The molecule has 0 aliphatic heterocycles. The van der Waals surface area contributed by atoms with Crippen molar-refractivity contribution in [1.82, 2.24) is 5.32 Å². The lowest BCUT2D eigenvalue weighted by molar-refractivity contribution is -0.118. The molecular weight excluding hydrogens is 440 g/mol. The molecule has 150 valence electrons. The highest BCUT2D eigenvalue weighted by Gasteiger charge is 2.22. The van der Waals surface area contributed by atoms with Gasteiger partial charge in [0.25, 0.3) is 5.91 Å². The summed E-state index contributed by atoms with van der Waals surface area (Å²) in [6.07, 6.45) is 2.60. The zero-order valence-electron chi connectivity index (χ0n) is 16.2. The number of carbonyl (C=O) groups is 2. The molecule has 2 aromatic carbocycles. The van der Waals surface area contributed by atoms with Gasteiger partial charge in [0.1, 0.15) is 11.8 Å². The molecule has 0 fully saturated rings. The third-order valence-corrected chi connectivity index (χ3v) is 5.18. The molecule has 0 aliphatic carbocycles. The summed E-state index contributed by atoms with van der Waals surface area (Å²) in [7, 11) is 0. The predicted molar refractivity (Wildman–Crippen MR) is 119 cm³/mol. The van der Waals surface area contributed by atoms with Gasteiger partial charge < -0.3 is 15.4 Å². The number of amides is 2. The van der Waals surface area contributed by atoms with E-state index in [1.54, 1.807) is 42.1 Å². The number of anilines is 1. The van der Waals surface area contributed by atoms with Gasteiger partial charge in [-0.1, -0.05) is 12.1 Å². The Hall–Kier alpha value is -1.99. The summed E-state index contributed by atoms with van der Waals surface area (Å²) < 4.78 is 6.30. The molecule has 0 radical (unpaired) electrons. The van der Waals surface area contributed by atoms with Gasteiger partial charge in [-0.15, -0.1) is 0 Å². The summed E-state index contributed by atoms with van der Waals surface area (Å²) in [4.78, 5) is 25.4. The van der Waals surface area contributed by atoms with Crippen LogP contribution in [0.5, 0.6) is 5.75 Å². The maximum Gasteiger partial charge on any atom is 0.253 e. The van der Waals surface area contributed by atoms with Gasteiger partial charge >= 0.3 is 0 Å². The first-order chi connectivity index (χ1) is 13.4. The fourth-order valence-corrected chi connectivity index (χ4v) is 3.44. The molecule has 2 rings (SSSR count). The molecule has 0 saturated heterocycles. The van der Waals surface area contributed by atoms with Gasteiger partial charge in [0.15, 0.2) is 0 Å². The highest BCUT2D eigenvalue weighted by atomic mass is 79.9. The summed E-state index contributed by atoms with van der Waals surface area (Å²) in [5.74, 6) is 0.978. The van der Waals surface area contributed by atoms with Crippen LogP contribution >= 0.6 is 27.7 Å². The molecule has 5 nitrogen and oxygen atoms in total. The molecule has 2 N–H and O–H groups in total. The first kappa shape index (κ1) is 22.3. The van der Waals surface area contributed by atoms with Crippen LogP contribution in [-0.4, -0.2) is 36.0 Å². The van der Waals surface area contributed by atoms with Crippen LogP contribution in [0, 0.1) is 0 Å². The molecule has 0 spiro atoms. The second-order valence-electron chi connectivity index (χ2n) is 6.47. The summed E-state index contributed by atoms with van der Waals surface area (Å²) in [5, 5.41) is 5.72. The van der Waals surface area contributed by atoms with Crippen molar-refractivity contribution in [3.8, 4) is 5.75 Å². The van der Waals surface area contributed by atoms with E-state index in [2.05, 4.69) is 26.6 Å². The number of ether oxygens (including phenoxy) is 1. The van der Waals surface area contributed by atoms with Crippen molar-refractivity contribution in [1.29, 1.82) is 0 Å². The minimum Gasteiger partial charge on any atom is -0.491 e. The highest BCUT2D eigenvalue weighted by Crippen LogP contribution is 2.18. The lowest BCUT2D eigenvalue weighted by Gasteiger charge is -2.19. The maximum atomic E-state index is 12.8. The Morgan fingerprint density at radius 1 is 1.11 bits per heavy atom. The number of thioether (sulfide) groups is 1. The van der Waals surface area contributed by atoms with Crippen LogP contribution in [0.1, 0.15) is 30.6 Å². The van der Waals surface area contributed by atoms with E-state index >= 15 is 0 Å². The van der Waals surface area contributed by atoms with E-state index in [9.17, 15) is 9.59 Å². The number of nitrogens with one attached hydrogen (secondary N) is 2. The molecule has 2 aromatic rings. The summed E-state index contributed by atoms with van der Waals surface area (Å²) in [6, 6.07) is 13.7. The lowest BCUT2D eigenvalue weighted by atomic mass is 10.1. The van der Waals surface area contributed by atoms with Gasteiger partial charge in [-0.25, -0.2) is 0 Å². The van der Waals surface area contributed by atoms with Crippen molar-refractivity contribution >= 4 is 45.2 Å². The van der Waals surface area contributed by atoms with Gasteiger partial charge in [0.05, 0.1) is 11.7 Å². The molecule has 0 heterocycles. The van der Waals surface area contributed by atoms with Crippen LogP contribution in [0.15, 0.2) is 53.0 Å². The largest absolute Gasteiger partial charge is 0.491 e. The van der Waals surface area contributed by atoms with E-state index in [0.717, 1.165) is 11.5 Å². The average molecular weight is 465 g/mol. The van der Waals surface area contributed by atoms with Gasteiger partial charge in [0.2, 0.25) is 5.91 Å². The van der Waals surface area contributed by atoms with Crippen LogP contribution < -0.4 is 15.4 Å². The Labute approximate surface area is 178 Å². The number of hydrogen-bond acceptors (Lipinski definition) is 4. The normalized spacial score (nSPS) is 11.8. The van der Waals surface area contributed by atoms with Gasteiger partial charge in [-0.3, -0.25) is 9.59 Å². The predicted octanol–water partition coefficient (Wildman–Crippen LogP) is 4.73. The first-order valence-corrected chi connectivity index (χ1v) is 11.2. The molecule has 1 unspecified atom stereocenters. The van der Waals surface area contributed by atoms with Gasteiger partial charge in [-0.2, -0.15) is 11.8 Å². The van der Waals surface area contributed by atoms with Crippen molar-refractivity contribution < 1.29 is 14.3 Å². The molecule has 0 aliphatic rings. The van der Waals surface area contributed by atoms with Crippen LogP contribution in [-0.2, 0) is 4.79 Å². The van der Waals surface area contributed by atoms with E-state index < -0.39 is 6.04 Å². The molecule has 1 atom stereocenters. The van der Waals surface area contributed by atoms with Gasteiger partial charge in [-0.05, 0) is 84.6 Å². The quantitative estimate of drug-likeness (QED) is 0.562. The molecule has 7 heteroatoms. The van der Waals surface area contributed by atoms with E-state index in [0.29, 0.717) is 22.1 Å². The first-order valence-electron chi connectivity index (χ1n) is 9.02. The number of rotatable bonds is 9. The summed E-state index contributed by atoms with van der Waals surface area (Å²) in [6.45, 7) is 3.92. The van der Waals surface area contributed by atoms with Crippen LogP contribution in [0.25, 0.3) is 0 Å². The third kappa shape index (κ3) is 6.87. The summed E-state index contributed by atoms with van der Waals surface area (Å²) >= 11 is 5.01. The SMILES string of the molecule is CSCCC(NC(=O)c1ccccc1Br)C(=O)Nc1ccc(OC(C)C)cc1. The number of benzene rings is 2. The Morgan fingerprint density at radius 2 is 1.79 bits per heavy atom. The zero-order chi connectivity index (χ0) is 20.5. The zero-order valence-corrected chi connectivity index (χ0v) is 18.6. The van der Waals surface area contributed by atoms with Crippen molar-refractivity contribution in [3.05, 3.63) is 58.6 Å². The maximum absolute atomic E-state index is 12.8. The van der Waals surface area contributed by atoms with Crippen molar-refractivity contribution in [2.45, 2.75) is 32.4 Å². The third-order valence-electron chi connectivity index (χ3n) is 3.84. The average Bonchev–Trinajstić information content (AvgIpc) is 2.66. The van der Waals surface area contributed by atoms with Crippen LogP contribution in [0.3, 0.4) is 0 Å². The fourth-order valence-electron chi connectivity index (χ4n) is 2.50. The Morgan fingerprint density at radius 3 is 2.39 bits per heavy atom. The smallest absolute Gasteiger partial charge is 0.253 e. The van der Waals surface area contributed by atoms with E-state index in [1.807, 2.05) is 38.3 Å². The topological polar surface area (TPSA) is 67.4 Å². The molecule has 0 bridgehead atoms. The molecular formula is C21H25BrN2O3S. The van der Waals surface area contributed by atoms with Crippen molar-refractivity contribution in [2.75, 3.05) is 17.3 Å². The second-order valence-corrected chi connectivity index (χ2v) is 8.31. The van der Waals surface area contributed by atoms with E-state index in [-0.39, 0.29) is 17.9 Å². The Bertz CT molecular complexity index is 796. The standard InChI is InChI=1S/C21H25BrN2O3S/c1-14(2)27-16-10-8-15(9-11-16)23-21(26)19(12-13-28-3)24-20(25)17-6-4-5-7-18(17)22/h4-11,14,19H,12-13H2,1-3H3,(H,23,26)(H,24,25). The number of halogens is 1. The Balaban J connectivity index is 2.06. The minimum absolute atomic E-state index is 0.0869. The van der Waals surface area contributed by atoms with E-state index in [4.69, 9.17) is 4.74 Å².